The molecular formula is C10H20N4O2S. The molecule has 0 atom stereocenters. The predicted molar refractivity (Wildman–Crippen MR) is 65.9 cm³/mol. The Morgan fingerprint density at radius 2 is 2.06 bits per heavy atom. The van der Waals surface area contributed by atoms with Gasteiger partial charge in [0.1, 0.15) is 0 Å². The predicted octanol–water partition coefficient (Wildman–Crippen LogP) is 0.216. The van der Waals surface area contributed by atoms with Gasteiger partial charge in [-0.1, -0.05) is 13.8 Å². The minimum atomic E-state index is -3.53. The van der Waals surface area contributed by atoms with Gasteiger partial charge in [0.2, 0.25) is 0 Å². The third-order valence-corrected chi connectivity index (χ3v) is 4.55. The van der Waals surface area contributed by atoms with Gasteiger partial charge >= 0.3 is 0 Å². The second kappa shape index (κ2) is 5.16. The van der Waals surface area contributed by atoms with Crippen molar-refractivity contribution in [1.82, 2.24) is 14.5 Å². The van der Waals surface area contributed by atoms with Gasteiger partial charge in [-0.3, -0.25) is 4.68 Å². The van der Waals surface area contributed by atoms with E-state index in [9.17, 15) is 8.42 Å². The van der Waals surface area contributed by atoms with Crippen molar-refractivity contribution in [2.45, 2.75) is 37.3 Å². The normalized spacial score (nSPS) is 12.9. The van der Waals surface area contributed by atoms with Gasteiger partial charge in [0.15, 0.2) is 5.03 Å². The second-order valence-electron chi connectivity index (χ2n) is 4.19. The van der Waals surface area contributed by atoms with E-state index in [0.717, 1.165) is 12.8 Å². The summed E-state index contributed by atoms with van der Waals surface area (Å²) in [7, 11) is -1.94. The van der Waals surface area contributed by atoms with Crippen LogP contribution in [-0.4, -0.2) is 30.3 Å². The van der Waals surface area contributed by atoms with Crippen molar-refractivity contribution in [2.75, 3.05) is 6.54 Å². The molecule has 1 aromatic rings. The quantitative estimate of drug-likeness (QED) is 0.765. The second-order valence-corrected chi connectivity index (χ2v) is 5.90. The maximum atomic E-state index is 12.0. The summed E-state index contributed by atoms with van der Waals surface area (Å²) in [6.45, 7) is 4.12. The first-order valence-electron chi connectivity index (χ1n) is 5.61. The zero-order chi connectivity index (χ0) is 13.1. The molecule has 98 valence electrons. The van der Waals surface area contributed by atoms with Crippen molar-refractivity contribution in [3.05, 3.63) is 12.3 Å². The van der Waals surface area contributed by atoms with E-state index in [-0.39, 0.29) is 11.6 Å². The van der Waals surface area contributed by atoms with Gasteiger partial charge in [0, 0.05) is 19.1 Å². The van der Waals surface area contributed by atoms with Crippen LogP contribution < -0.4 is 10.5 Å². The van der Waals surface area contributed by atoms with E-state index in [0.29, 0.717) is 0 Å². The Labute approximate surface area is 102 Å². The number of nitrogens with one attached hydrogen (secondary N) is 1. The van der Waals surface area contributed by atoms with Crippen molar-refractivity contribution in [2.24, 2.45) is 12.8 Å². The Bertz CT molecular complexity index is 462. The SMILES string of the molecule is CCC(N)(CC)CNS(=O)(=O)c1ccnn1C. The van der Waals surface area contributed by atoms with Crippen LogP contribution in [0, 0.1) is 0 Å². The fraction of sp³-hybridized carbons (Fsp3) is 0.700. The third-order valence-electron chi connectivity index (χ3n) is 3.07. The zero-order valence-electron chi connectivity index (χ0n) is 10.5. The van der Waals surface area contributed by atoms with E-state index in [2.05, 4.69) is 9.82 Å². The average Bonchev–Trinajstić information content (AvgIpc) is 2.73. The lowest BCUT2D eigenvalue weighted by Gasteiger charge is -2.26. The monoisotopic (exact) mass is 260 g/mol. The Morgan fingerprint density at radius 3 is 2.47 bits per heavy atom. The first kappa shape index (κ1) is 14.1. The van der Waals surface area contributed by atoms with Gasteiger partial charge in [-0.25, -0.2) is 13.1 Å². The lowest BCUT2D eigenvalue weighted by Crippen LogP contribution is -2.49. The first-order valence-corrected chi connectivity index (χ1v) is 7.09. The Morgan fingerprint density at radius 1 is 1.47 bits per heavy atom. The topological polar surface area (TPSA) is 90.0 Å². The van der Waals surface area contributed by atoms with Crippen LogP contribution in [0.15, 0.2) is 17.3 Å². The number of hydrogen-bond donors (Lipinski definition) is 2. The van der Waals surface area contributed by atoms with Crippen molar-refractivity contribution in [1.29, 1.82) is 0 Å². The van der Waals surface area contributed by atoms with Crippen LogP contribution in [0.5, 0.6) is 0 Å². The summed E-state index contributed by atoms with van der Waals surface area (Å²) in [4.78, 5) is 0. The molecular weight excluding hydrogens is 240 g/mol. The number of nitrogens with zero attached hydrogens (tertiary/aromatic N) is 2. The van der Waals surface area contributed by atoms with Crippen LogP contribution in [0.1, 0.15) is 26.7 Å². The fourth-order valence-corrected chi connectivity index (χ4v) is 2.70. The highest BCUT2D eigenvalue weighted by atomic mass is 32.2. The lowest BCUT2D eigenvalue weighted by molar-refractivity contribution is 0.391. The van der Waals surface area contributed by atoms with Gasteiger partial charge < -0.3 is 5.73 Å². The molecule has 0 unspecified atom stereocenters. The number of hydrogen-bond acceptors (Lipinski definition) is 4. The summed E-state index contributed by atoms with van der Waals surface area (Å²) in [6, 6.07) is 1.46. The van der Waals surface area contributed by atoms with Gasteiger partial charge in [0.05, 0.1) is 6.20 Å². The van der Waals surface area contributed by atoms with E-state index in [1.165, 1.54) is 16.9 Å². The Kier molecular flexibility index (Phi) is 4.29. The molecule has 0 amide bonds. The van der Waals surface area contributed by atoms with Crippen LogP contribution in [-0.2, 0) is 17.1 Å². The molecule has 0 spiro atoms. The smallest absolute Gasteiger partial charge is 0.257 e. The molecule has 0 fully saturated rings. The molecule has 3 N–H and O–H groups in total. The molecule has 6 nitrogen and oxygen atoms in total. The highest BCUT2D eigenvalue weighted by Gasteiger charge is 2.25. The summed E-state index contributed by atoms with van der Waals surface area (Å²) in [6.07, 6.45) is 2.89. The van der Waals surface area contributed by atoms with Gasteiger partial charge in [-0.05, 0) is 18.9 Å². The highest BCUT2D eigenvalue weighted by molar-refractivity contribution is 7.89. The summed E-state index contributed by atoms with van der Waals surface area (Å²) in [5.74, 6) is 0. The minimum absolute atomic E-state index is 0.145. The van der Waals surface area contributed by atoms with E-state index in [1.807, 2.05) is 13.8 Å². The van der Waals surface area contributed by atoms with Crippen LogP contribution in [0.25, 0.3) is 0 Å². The maximum Gasteiger partial charge on any atom is 0.257 e. The molecule has 0 aromatic carbocycles. The molecule has 0 aliphatic rings. The maximum absolute atomic E-state index is 12.0. The zero-order valence-corrected chi connectivity index (χ0v) is 11.3. The first-order chi connectivity index (χ1) is 7.84. The molecule has 1 heterocycles. The van der Waals surface area contributed by atoms with Crippen molar-refractivity contribution < 1.29 is 8.42 Å². The summed E-state index contributed by atoms with van der Waals surface area (Å²) in [5.41, 5.74) is 5.55. The summed E-state index contributed by atoms with van der Waals surface area (Å²) >= 11 is 0. The molecule has 0 saturated carbocycles. The minimum Gasteiger partial charge on any atom is -0.324 e. The highest BCUT2D eigenvalue weighted by Crippen LogP contribution is 2.12. The van der Waals surface area contributed by atoms with Gasteiger partial charge in [-0.15, -0.1) is 0 Å². The Hall–Kier alpha value is -0.920. The van der Waals surface area contributed by atoms with Gasteiger partial charge in [0.25, 0.3) is 10.0 Å². The molecule has 0 aliphatic carbocycles. The number of rotatable bonds is 6. The summed E-state index contributed by atoms with van der Waals surface area (Å²) < 4.78 is 27.8. The van der Waals surface area contributed by atoms with Crippen LogP contribution in [0.2, 0.25) is 0 Å². The summed E-state index contributed by atoms with van der Waals surface area (Å²) in [5, 5.41) is 3.98. The van der Waals surface area contributed by atoms with E-state index in [4.69, 9.17) is 5.73 Å². The number of aryl methyl sites for hydroxylation is 1. The number of sulfonamides is 1. The van der Waals surface area contributed by atoms with Crippen molar-refractivity contribution >= 4 is 10.0 Å². The van der Waals surface area contributed by atoms with Crippen molar-refractivity contribution in [3.8, 4) is 0 Å². The van der Waals surface area contributed by atoms with Crippen LogP contribution in [0.3, 0.4) is 0 Å². The lowest BCUT2D eigenvalue weighted by atomic mass is 9.95. The van der Waals surface area contributed by atoms with E-state index < -0.39 is 15.6 Å². The fourth-order valence-electron chi connectivity index (χ4n) is 1.44. The van der Waals surface area contributed by atoms with Gasteiger partial charge in [-0.2, -0.15) is 5.10 Å². The number of aromatic nitrogens is 2. The molecule has 1 aromatic heterocycles. The molecule has 0 bridgehead atoms. The molecule has 0 aliphatic heterocycles. The molecule has 0 radical (unpaired) electrons. The molecule has 1 rings (SSSR count). The standard InChI is InChI=1S/C10H20N4O2S/c1-4-10(11,5-2)8-13-17(15,16)9-6-7-12-14(9)3/h6-7,13H,4-5,8,11H2,1-3H3. The molecule has 17 heavy (non-hydrogen) atoms. The Balaban J connectivity index is 2.79. The molecule has 0 saturated heterocycles. The largest absolute Gasteiger partial charge is 0.324 e. The average molecular weight is 260 g/mol. The van der Waals surface area contributed by atoms with Crippen LogP contribution >= 0.6 is 0 Å². The third kappa shape index (κ3) is 3.27. The number of nitrogens with two attached hydrogens (primary N) is 1. The van der Waals surface area contributed by atoms with Crippen molar-refractivity contribution in [3.63, 3.8) is 0 Å². The molecule has 7 heteroatoms. The van der Waals surface area contributed by atoms with Crippen LogP contribution in [0.4, 0.5) is 0 Å². The van der Waals surface area contributed by atoms with E-state index in [1.54, 1.807) is 7.05 Å². The van der Waals surface area contributed by atoms with E-state index >= 15 is 0 Å².